The molecule has 2 unspecified atom stereocenters. The van der Waals surface area contributed by atoms with E-state index in [1.165, 1.54) is 11.3 Å². The van der Waals surface area contributed by atoms with Gasteiger partial charge in [0.05, 0.1) is 5.41 Å². The molecule has 1 fully saturated rings. The average Bonchev–Trinajstić information content (AvgIpc) is 2.79. The van der Waals surface area contributed by atoms with Gasteiger partial charge >= 0.3 is 5.97 Å². The zero-order valence-corrected chi connectivity index (χ0v) is 11.5. The maximum atomic E-state index is 12.0. The van der Waals surface area contributed by atoms with Gasteiger partial charge in [0.25, 0.3) is 5.91 Å². The molecule has 0 radical (unpaired) electrons. The number of hydrogen-bond donors (Lipinski definition) is 3. The van der Waals surface area contributed by atoms with Crippen molar-refractivity contribution < 1.29 is 14.7 Å². The van der Waals surface area contributed by atoms with Crippen LogP contribution in [0.4, 0.5) is 5.13 Å². The first-order valence-corrected chi connectivity index (χ1v) is 7.07. The van der Waals surface area contributed by atoms with E-state index in [1.54, 1.807) is 12.3 Å². The van der Waals surface area contributed by atoms with E-state index < -0.39 is 11.4 Å². The Morgan fingerprint density at radius 1 is 1.58 bits per heavy atom. The second-order valence-corrected chi connectivity index (χ2v) is 5.96. The fourth-order valence-electron chi connectivity index (χ4n) is 2.45. The number of nitrogens with one attached hydrogen (secondary N) is 1. The third-order valence-electron chi connectivity index (χ3n) is 3.76. The Labute approximate surface area is 115 Å². The summed E-state index contributed by atoms with van der Waals surface area (Å²) < 4.78 is 0. The number of anilines is 1. The number of carbonyl (C=O) groups is 2. The van der Waals surface area contributed by atoms with Gasteiger partial charge in [-0.3, -0.25) is 9.59 Å². The van der Waals surface area contributed by atoms with Crippen molar-refractivity contribution in [2.75, 3.05) is 5.73 Å². The Morgan fingerprint density at radius 2 is 2.32 bits per heavy atom. The molecule has 1 aliphatic carbocycles. The van der Waals surface area contributed by atoms with E-state index >= 15 is 0 Å². The van der Waals surface area contributed by atoms with Crippen molar-refractivity contribution in [3.63, 3.8) is 0 Å². The second kappa shape index (κ2) is 5.16. The molecule has 1 amide bonds. The molecule has 1 aromatic rings. The maximum absolute atomic E-state index is 12.0. The summed E-state index contributed by atoms with van der Waals surface area (Å²) >= 11 is 1.19. The summed E-state index contributed by atoms with van der Waals surface area (Å²) in [4.78, 5) is 27.4. The summed E-state index contributed by atoms with van der Waals surface area (Å²) in [6.07, 6.45) is 3.05. The molecular formula is C12H17N3O3S. The van der Waals surface area contributed by atoms with Crippen molar-refractivity contribution in [3.05, 3.63) is 11.1 Å². The van der Waals surface area contributed by atoms with E-state index in [2.05, 4.69) is 10.3 Å². The predicted octanol–water partition coefficient (Wildman–Crippen LogP) is 1.49. The first kappa shape index (κ1) is 13.8. The van der Waals surface area contributed by atoms with E-state index in [0.29, 0.717) is 18.0 Å². The van der Waals surface area contributed by atoms with Crippen LogP contribution in [-0.2, 0) is 4.79 Å². The highest BCUT2D eigenvalue weighted by atomic mass is 32.1. The monoisotopic (exact) mass is 283 g/mol. The summed E-state index contributed by atoms with van der Waals surface area (Å²) in [5.41, 5.74) is 4.83. The van der Waals surface area contributed by atoms with E-state index in [4.69, 9.17) is 5.73 Å². The molecule has 104 valence electrons. The highest BCUT2D eigenvalue weighted by Gasteiger charge is 2.44. The Hall–Kier alpha value is -1.63. The number of carbonyl (C=O) groups excluding carboxylic acids is 1. The lowest BCUT2D eigenvalue weighted by atomic mass is 9.71. The highest BCUT2D eigenvalue weighted by Crippen LogP contribution is 2.36. The third kappa shape index (κ3) is 2.70. The molecule has 4 N–H and O–H groups in total. The first-order chi connectivity index (χ1) is 8.93. The number of thiazole rings is 1. The van der Waals surface area contributed by atoms with Crippen LogP contribution in [0.1, 0.15) is 43.1 Å². The van der Waals surface area contributed by atoms with Crippen LogP contribution in [0, 0.1) is 5.41 Å². The van der Waals surface area contributed by atoms with Gasteiger partial charge in [-0.1, -0.05) is 12.8 Å². The number of rotatable bonds is 3. The molecule has 0 saturated heterocycles. The number of amides is 1. The van der Waals surface area contributed by atoms with Gasteiger partial charge in [0, 0.05) is 11.4 Å². The molecule has 6 nitrogen and oxygen atoms in total. The van der Waals surface area contributed by atoms with Crippen LogP contribution in [0.5, 0.6) is 0 Å². The number of carboxylic acid groups (broad SMARTS) is 1. The van der Waals surface area contributed by atoms with Crippen LogP contribution < -0.4 is 11.1 Å². The molecule has 0 spiro atoms. The fourth-order valence-corrected chi connectivity index (χ4v) is 2.99. The summed E-state index contributed by atoms with van der Waals surface area (Å²) in [6.45, 7) is 1.69. The molecule has 2 atom stereocenters. The summed E-state index contributed by atoms with van der Waals surface area (Å²) in [5.74, 6) is -1.22. The number of hydrogen-bond acceptors (Lipinski definition) is 5. The lowest BCUT2D eigenvalue weighted by Gasteiger charge is -2.38. The largest absolute Gasteiger partial charge is 0.481 e. The Balaban J connectivity index is 2.12. The number of nitrogens with two attached hydrogens (primary N) is 1. The molecule has 0 aliphatic heterocycles. The smallest absolute Gasteiger partial charge is 0.311 e. The molecule has 1 saturated carbocycles. The van der Waals surface area contributed by atoms with Gasteiger partial charge in [0.15, 0.2) is 5.13 Å². The van der Waals surface area contributed by atoms with Crippen LogP contribution in [0.25, 0.3) is 0 Å². The number of aromatic nitrogens is 1. The quantitative estimate of drug-likeness (QED) is 0.779. The minimum absolute atomic E-state index is 0.251. The molecule has 1 aromatic heterocycles. The van der Waals surface area contributed by atoms with Gasteiger partial charge in [-0.2, -0.15) is 0 Å². The van der Waals surface area contributed by atoms with E-state index in [1.807, 2.05) is 0 Å². The maximum Gasteiger partial charge on any atom is 0.311 e. The zero-order valence-electron chi connectivity index (χ0n) is 10.7. The molecule has 19 heavy (non-hydrogen) atoms. The first-order valence-electron chi connectivity index (χ1n) is 6.19. The molecule has 1 aliphatic rings. The Kier molecular flexibility index (Phi) is 3.75. The Morgan fingerprint density at radius 3 is 2.89 bits per heavy atom. The third-order valence-corrected chi connectivity index (χ3v) is 4.43. The minimum Gasteiger partial charge on any atom is -0.481 e. The van der Waals surface area contributed by atoms with Gasteiger partial charge in [-0.25, -0.2) is 4.98 Å². The lowest BCUT2D eigenvalue weighted by Crippen LogP contribution is -2.52. The van der Waals surface area contributed by atoms with Crippen LogP contribution in [0.15, 0.2) is 5.38 Å². The number of aliphatic carboxylic acids is 1. The fraction of sp³-hybridized carbons (Fsp3) is 0.583. The zero-order chi connectivity index (χ0) is 14.0. The van der Waals surface area contributed by atoms with Crippen molar-refractivity contribution in [3.8, 4) is 0 Å². The van der Waals surface area contributed by atoms with Gasteiger partial charge in [0.1, 0.15) is 5.69 Å². The lowest BCUT2D eigenvalue weighted by molar-refractivity contribution is -0.151. The molecule has 2 rings (SSSR count). The minimum atomic E-state index is -0.907. The van der Waals surface area contributed by atoms with Gasteiger partial charge < -0.3 is 16.2 Å². The topological polar surface area (TPSA) is 105 Å². The van der Waals surface area contributed by atoms with Crippen LogP contribution in [-0.4, -0.2) is 28.0 Å². The van der Waals surface area contributed by atoms with Crippen molar-refractivity contribution in [2.45, 2.75) is 38.6 Å². The van der Waals surface area contributed by atoms with Crippen LogP contribution in [0.2, 0.25) is 0 Å². The van der Waals surface area contributed by atoms with Gasteiger partial charge in [-0.05, 0) is 19.8 Å². The predicted molar refractivity (Wildman–Crippen MR) is 72.0 cm³/mol. The summed E-state index contributed by atoms with van der Waals surface area (Å²) in [5, 5.41) is 14.1. The van der Waals surface area contributed by atoms with Gasteiger partial charge in [-0.15, -0.1) is 11.3 Å². The standard InChI is InChI=1S/C12H17N3O3S/c1-12(10(17)18)5-3-2-4-8(12)15-9(16)7-6-19-11(13)14-7/h6,8H,2-5H2,1H3,(H2,13,14)(H,15,16)(H,17,18). The highest BCUT2D eigenvalue weighted by molar-refractivity contribution is 7.13. The second-order valence-electron chi connectivity index (χ2n) is 5.07. The molecular weight excluding hydrogens is 266 g/mol. The van der Waals surface area contributed by atoms with E-state index in [9.17, 15) is 14.7 Å². The van der Waals surface area contributed by atoms with Gasteiger partial charge in [0.2, 0.25) is 0 Å². The van der Waals surface area contributed by atoms with Crippen LogP contribution in [0.3, 0.4) is 0 Å². The normalized spacial score (nSPS) is 26.9. The van der Waals surface area contributed by atoms with Crippen molar-refractivity contribution in [1.82, 2.24) is 10.3 Å². The van der Waals surface area contributed by atoms with E-state index in [0.717, 1.165) is 12.8 Å². The van der Waals surface area contributed by atoms with Crippen molar-refractivity contribution >= 4 is 28.3 Å². The molecule has 7 heteroatoms. The summed E-state index contributed by atoms with van der Waals surface area (Å²) in [6, 6.07) is -0.367. The Bertz CT molecular complexity index is 502. The molecule has 1 heterocycles. The summed E-state index contributed by atoms with van der Waals surface area (Å²) in [7, 11) is 0. The average molecular weight is 283 g/mol. The van der Waals surface area contributed by atoms with Crippen molar-refractivity contribution in [2.24, 2.45) is 5.41 Å². The molecule has 0 bridgehead atoms. The molecule has 0 aromatic carbocycles. The number of nitrogens with zero attached hydrogens (tertiary/aromatic N) is 1. The number of carboxylic acids is 1. The SMILES string of the molecule is CC1(C(=O)O)CCCCC1NC(=O)c1csc(N)n1. The van der Waals surface area contributed by atoms with E-state index in [-0.39, 0.29) is 17.6 Å². The van der Waals surface area contributed by atoms with Crippen LogP contribution >= 0.6 is 11.3 Å². The number of nitrogen functional groups attached to an aromatic ring is 1. The van der Waals surface area contributed by atoms with Crippen molar-refractivity contribution in [1.29, 1.82) is 0 Å².